The Hall–Kier alpha value is -3.80. The molecule has 9 nitrogen and oxygen atoms in total. The van der Waals surface area contributed by atoms with Crippen LogP contribution in [0.2, 0.25) is 0 Å². The number of Topliss-reactive ketones (excluding diaryl/α,β-unsaturated/α-hetero) is 1. The fourth-order valence-corrected chi connectivity index (χ4v) is 6.22. The van der Waals surface area contributed by atoms with Crippen molar-refractivity contribution in [2.24, 2.45) is 11.8 Å². The van der Waals surface area contributed by atoms with E-state index in [-0.39, 0.29) is 36.3 Å². The summed E-state index contributed by atoms with van der Waals surface area (Å²) in [5, 5.41) is 5.29. The van der Waals surface area contributed by atoms with Crippen LogP contribution < -0.4 is 10.6 Å². The summed E-state index contributed by atoms with van der Waals surface area (Å²) in [6, 6.07) is 4.42. The molecule has 46 heavy (non-hydrogen) atoms. The molecular formula is C34H44F3N5O4. The second-order valence-electron chi connectivity index (χ2n) is 12.6. The van der Waals surface area contributed by atoms with Crippen LogP contribution in [0, 0.1) is 24.6 Å². The average Bonchev–Trinajstić information content (AvgIpc) is 3.04. The van der Waals surface area contributed by atoms with E-state index in [1.807, 2.05) is 7.05 Å². The third-order valence-electron chi connectivity index (χ3n) is 9.05. The van der Waals surface area contributed by atoms with Gasteiger partial charge in [0.2, 0.25) is 23.5 Å². The van der Waals surface area contributed by atoms with Crippen molar-refractivity contribution in [3.05, 3.63) is 59.2 Å². The molecule has 2 N–H and O–H groups in total. The van der Waals surface area contributed by atoms with E-state index in [9.17, 15) is 19.2 Å². The van der Waals surface area contributed by atoms with E-state index in [0.29, 0.717) is 50.1 Å². The quantitative estimate of drug-likeness (QED) is 0.349. The Bertz CT molecular complexity index is 1410. The number of hydrogen-bond donors (Lipinski definition) is 2. The van der Waals surface area contributed by atoms with Crippen molar-refractivity contribution in [1.29, 1.82) is 0 Å². The van der Waals surface area contributed by atoms with Crippen molar-refractivity contribution >= 4 is 29.2 Å². The van der Waals surface area contributed by atoms with Crippen LogP contribution in [0.25, 0.3) is 0 Å². The molecule has 1 aliphatic heterocycles. The largest absolute Gasteiger partial charge is 0.344 e. The molecule has 3 amide bonds. The number of carbonyl (C=O) groups excluding carboxylic acids is 4. The maximum Gasteiger partial charge on any atom is 0.331 e. The van der Waals surface area contributed by atoms with Crippen LogP contribution in [0.1, 0.15) is 68.6 Å². The summed E-state index contributed by atoms with van der Waals surface area (Å²) in [5.74, 6) is -8.58. The normalized spacial score (nSPS) is 17.7. The van der Waals surface area contributed by atoms with E-state index in [1.165, 1.54) is 24.4 Å². The van der Waals surface area contributed by atoms with Crippen LogP contribution in [0.4, 0.5) is 18.9 Å². The van der Waals surface area contributed by atoms with Gasteiger partial charge in [-0.05, 0) is 62.1 Å². The summed E-state index contributed by atoms with van der Waals surface area (Å²) in [4.78, 5) is 59.6. The van der Waals surface area contributed by atoms with Crippen LogP contribution in [0.3, 0.4) is 0 Å². The van der Waals surface area contributed by atoms with Gasteiger partial charge < -0.3 is 20.4 Å². The first-order valence-electron chi connectivity index (χ1n) is 16.1. The van der Waals surface area contributed by atoms with E-state index in [4.69, 9.17) is 0 Å². The van der Waals surface area contributed by atoms with Gasteiger partial charge in [0.15, 0.2) is 0 Å². The summed E-state index contributed by atoms with van der Waals surface area (Å²) in [6.07, 6.45) is 5.70. The van der Waals surface area contributed by atoms with E-state index >= 15 is 13.2 Å². The van der Waals surface area contributed by atoms with Gasteiger partial charge in [0, 0.05) is 69.3 Å². The number of pyridine rings is 1. The number of ketones is 1. The predicted molar refractivity (Wildman–Crippen MR) is 168 cm³/mol. The van der Waals surface area contributed by atoms with E-state index in [0.717, 1.165) is 25.5 Å². The Balaban J connectivity index is 1.49. The molecule has 1 aromatic heterocycles. The number of nitrogens with zero attached hydrogens (tertiary/aromatic N) is 3. The van der Waals surface area contributed by atoms with E-state index < -0.39 is 47.4 Å². The number of aryl methyl sites for hydroxylation is 1. The van der Waals surface area contributed by atoms with E-state index in [2.05, 4.69) is 20.5 Å². The molecule has 2 aliphatic rings. The minimum atomic E-state index is -3.83. The molecule has 2 fully saturated rings. The number of aromatic nitrogens is 1. The van der Waals surface area contributed by atoms with Gasteiger partial charge in [0.05, 0.1) is 5.69 Å². The van der Waals surface area contributed by atoms with Gasteiger partial charge in [-0.2, -0.15) is 8.78 Å². The predicted octanol–water partition coefficient (Wildman–Crippen LogP) is 4.63. The lowest BCUT2D eigenvalue weighted by atomic mass is 9.76. The third kappa shape index (κ3) is 8.92. The lowest BCUT2D eigenvalue weighted by Gasteiger charge is -2.34. The van der Waals surface area contributed by atoms with Crippen LogP contribution in [-0.2, 0) is 31.5 Å². The first-order chi connectivity index (χ1) is 21.9. The molecule has 1 saturated heterocycles. The van der Waals surface area contributed by atoms with Crippen LogP contribution >= 0.6 is 0 Å². The minimum absolute atomic E-state index is 0.0458. The third-order valence-corrected chi connectivity index (χ3v) is 9.05. The smallest absolute Gasteiger partial charge is 0.331 e. The fraction of sp³-hybridized carbons (Fsp3) is 0.559. The zero-order valence-corrected chi connectivity index (χ0v) is 26.8. The highest BCUT2D eigenvalue weighted by Crippen LogP contribution is 2.37. The molecule has 0 spiro atoms. The Morgan fingerprint density at radius 3 is 2.35 bits per heavy atom. The van der Waals surface area contributed by atoms with Crippen molar-refractivity contribution in [3.63, 3.8) is 0 Å². The molecular weight excluding hydrogens is 599 g/mol. The topological polar surface area (TPSA) is 112 Å². The molecule has 2 aromatic rings. The lowest BCUT2D eigenvalue weighted by Crippen LogP contribution is -2.54. The van der Waals surface area contributed by atoms with Crippen molar-refractivity contribution < 1.29 is 32.3 Å². The van der Waals surface area contributed by atoms with E-state index in [1.54, 1.807) is 24.8 Å². The summed E-state index contributed by atoms with van der Waals surface area (Å²) in [7, 11) is 1.97. The minimum Gasteiger partial charge on any atom is -0.344 e. The number of carbonyl (C=O) groups is 4. The molecule has 1 aliphatic carbocycles. The van der Waals surface area contributed by atoms with Gasteiger partial charge >= 0.3 is 5.92 Å². The lowest BCUT2D eigenvalue weighted by molar-refractivity contribution is -0.147. The number of piperazine rings is 1. The number of benzene rings is 1. The molecule has 0 bridgehead atoms. The highest BCUT2D eigenvalue weighted by atomic mass is 19.3. The van der Waals surface area contributed by atoms with Crippen molar-refractivity contribution in [2.75, 3.05) is 38.5 Å². The number of rotatable bonds is 12. The first-order valence-corrected chi connectivity index (χ1v) is 16.1. The Morgan fingerprint density at radius 1 is 1.02 bits per heavy atom. The highest BCUT2D eigenvalue weighted by molar-refractivity contribution is 5.97. The first kappa shape index (κ1) is 35.1. The fourth-order valence-electron chi connectivity index (χ4n) is 6.22. The highest BCUT2D eigenvalue weighted by Gasteiger charge is 2.44. The number of halogens is 3. The monoisotopic (exact) mass is 643 g/mol. The second-order valence-corrected chi connectivity index (χ2v) is 12.6. The number of amides is 3. The maximum absolute atomic E-state index is 15.4. The number of anilines is 1. The average molecular weight is 644 g/mol. The summed E-state index contributed by atoms with van der Waals surface area (Å²) >= 11 is 0. The number of nitrogens with one attached hydrogen (secondary N) is 2. The number of likely N-dealkylation sites (N-methyl/N-ethyl adjacent to an activating group) is 1. The zero-order chi connectivity index (χ0) is 33.4. The molecule has 2 atom stereocenters. The summed E-state index contributed by atoms with van der Waals surface area (Å²) < 4.78 is 45.8. The Kier molecular flexibility index (Phi) is 11.9. The van der Waals surface area contributed by atoms with Crippen LogP contribution in [-0.4, -0.2) is 77.6 Å². The number of hydrogen-bond acceptors (Lipinski definition) is 6. The molecule has 250 valence electrons. The summed E-state index contributed by atoms with van der Waals surface area (Å²) in [5.41, 5.74) is 0.232. The molecule has 0 radical (unpaired) electrons. The van der Waals surface area contributed by atoms with Crippen molar-refractivity contribution in [1.82, 2.24) is 20.1 Å². The van der Waals surface area contributed by atoms with Crippen molar-refractivity contribution in [3.8, 4) is 0 Å². The van der Waals surface area contributed by atoms with Crippen molar-refractivity contribution in [2.45, 2.75) is 77.2 Å². The summed E-state index contributed by atoms with van der Waals surface area (Å²) in [6.45, 7) is 5.73. The SMILES string of the molecule is CCC(=O)N[C@H](Cc1ccc(NC(=O)[C@@H](CC(=O)C(F)(F)c2cncc(C)c2)C2CCCCC2)c(F)c1)C(=O)N1CCN(C)CC1. The Morgan fingerprint density at radius 2 is 1.72 bits per heavy atom. The van der Waals surface area contributed by atoms with Crippen LogP contribution in [0.15, 0.2) is 36.7 Å². The second kappa shape index (κ2) is 15.7. The van der Waals surface area contributed by atoms with Crippen LogP contribution in [0.5, 0.6) is 0 Å². The molecule has 1 saturated carbocycles. The standard InChI is InChI=1S/C34H44F3N5O4/c1-4-31(44)39-29(33(46)42-14-12-41(3)13-15-42)18-23-10-11-28(27(35)17-23)40-32(45)26(24-8-6-5-7-9-24)19-30(43)34(36,37)25-16-22(2)20-38-21-25/h10-11,16-17,20-21,24,26,29H,4-9,12-15,18-19H2,1-3H3,(H,39,44)(H,40,45)/t26-,29+/m0/s1. The van der Waals surface area contributed by atoms with Gasteiger partial charge in [-0.1, -0.05) is 32.3 Å². The molecule has 4 rings (SSSR count). The molecule has 2 heterocycles. The molecule has 12 heteroatoms. The Labute approximate surface area is 268 Å². The molecule has 0 unspecified atom stereocenters. The van der Waals surface area contributed by atoms with Gasteiger partial charge in [-0.3, -0.25) is 24.2 Å². The van der Waals surface area contributed by atoms with Gasteiger partial charge in [0.25, 0.3) is 0 Å². The van der Waals surface area contributed by atoms with Gasteiger partial charge in [-0.25, -0.2) is 4.39 Å². The van der Waals surface area contributed by atoms with Gasteiger partial charge in [0.1, 0.15) is 11.9 Å². The zero-order valence-electron chi connectivity index (χ0n) is 26.8. The maximum atomic E-state index is 15.4. The number of alkyl halides is 2. The molecule has 1 aromatic carbocycles. The van der Waals surface area contributed by atoms with Gasteiger partial charge in [-0.15, -0.1) is 0 Å².